The number of hydrogen-bond donors (Lipinski definition) is 0. The molecule has 0 aliphatic carbocycles. The van der Waals surface area contributed by atoms with Gasteiger partial charge < -0.3 is 4.74 Å². The predicted molar refractivity (Wildman–Crippen MR) is 71.3 cm³/mol. The standard InChI is InChI=1S/C13H21ClN2O/c1-4-11(2)16(8-9-17-3)10-12-6-5-7-15-13(12)14/h5-7,11H,4,8-10H2,1-3H3. The van der Waals surface area contributed by atoms with Crippen molar-refractivity contribution in [1.82, 2.24) is 9.88 Å². The molecule has 1 aromatic rings. The summed E-state index contributed by atoms with van der Waals surface area (Å²) in [4.78, 5) is 6.47. The van der Waals surface area contributed by atoms with Gasteiger partial charge in [-0.15, -0.1) is 0 Å². The lowest BCUT2D eigenvalue weighted by molar-refractivity contribution is 0.118. The monoisotopic (exact) mass is 256 g/mol. The van der Waals surface area contributed by atoms with Crippen LogP contribution in [0.15, 0.2) is 18.3 Å². The van der Waals surface area contributed by atoms with Crippen LogP contribution in [-0.4, -0.2) is 36.2 Å². The number of pyridine rings is 1. The van der Waals surface area contributed by atoms with Crippen LogP contribution in [-0.2, 0) is 11.3 Å². The Kier molecular flexibility index (Phi) is 6.48. The van der Waals surface area contributed by atoms with Gasteiger partial charge in [0.05, 0.1) is 6.61 Å². The molecule has 0 aliphatic heterocycles. The van der Waals surface area contributed by atoms with Gasteiger partial charge in [0.1, 0.15) is 5.15 Å². The van der Waals surface area contributed by atoms with Gasteiger partial charge in [-0.3, -0.25) is 4.90 Å². The molecule has 0 spiro atoms. The number of nitrogens with zero attached hydrogens (tertiary/aromatic N) is 2. The molecule has 1 heterocycles. The maximum Gasteiger partial charge on any atom is 0.133 e. The van der Waals surface area contributed by atoms with Crippen LogP contribution in [0.5, 0.6) is 0 Å². The SMILES string of the molecule is CCC(C)N(CCOC)Cc1cccnc1Cl. The van der Waals surface area contributed by atoms with Crippen molar-refractivity contribution >= 4 is 11.6 Å². The largest absolute Gasteiger partial charge is 0.383 e. The molecule has 1 unspecified atom stereocenters. The highest BCUT2D eigenvalue weighted by molar-refractivity contribution is 6.30. The van der Waals surface area contributed by atoms with Crippen LogP contribution in [0.1, 0.15) is 25.8 Å². The van der Waals surface area contributed by atoms with Crippen LogP contribution in [0.4, 0.5) is 0 Å². The third-order valence-electron chi connectivity index (χ3n) is 3.01. The number of aromatic nitrogens is 1. The van der Waals surface area contributed by atoms with Gasteiger partial charge in [-0.25, -0.2) is 4.98 Å². The molecule has 0 aromatic carbocycles. The van der Waals surface area contributed by atoms with Gasteiger partial charge in [0.15, 0.2) is 0 Å². The Balaban J connectivity index is 2.68. The molecular weight excluding hydrogens is 236 g/mol. The second kappa shape index (κ2) is 7.64. The number of methoxy groups -OCH3 is 1. The summed E-state index contributed by atoms with van der Waals surface area (Å²) in [5.41, 5.74) is 1.07. The minimum atomic E-state index is 0.515. The van der Waals surface area contributed by atoms with Crippen molar-refractivity contribution in [1.29, 1.82) is 0 Å². The number of ether oxygens (including phenoxy) is 1. The summed E-state index contributed by atoms with van der Waals surface area (Å²) in [7, 11) is 1.73. The molecule has 0 radical (unpaired) electrons. The van der Waals surface area contributed by atoms with E-state index >= 15 is 0 Å². The van der Waals surface area contributed by atoms with Gasteiger partial charge in [-0.05, 0) is 19.4 Å². The molecule has 1 aromatic heterocycles. The van der Waals surface area contributed by atoms with Crippen molar-refractivity contribution in [3.63, 3.8) is 0 Å². The van der Waals surface area contributed by atoms with Crippen molar-refractivity contribution in [2.45, 2.75) is 32.9 Å². The Labute approximate surface area is 109 Å². The number of rotatable bonds is 7. The maximum atomic E-state index is 6.08. The average Bonchev–Trinajstić information content (AvgIpc) is 2.35. The minimum Gasteiger partial charge on any atom is -0.383 e. The van der Waals surface area contributed by atoms with E-state index in [2.05, 4.69) is 23.7 Å². The summed E-state index contributed by atoms with van der Waals surface area (Å²) < 4.78 is 5.14. The van der Waals surface area contributed by atoms with Gasteiger partial charge in [-0.2, -0.15) is 0 Å². The Morgan fingerprint density at radius 3 is 2.88 bits per heavy atom. The number of hydrogen-bond acceptors (Lipinski definition) is 3. The molecule has 0 saturated carbocycles. The van der Waals surface area contributed by atoms with Crippen molar-refractivity contribution in [3.05, 3.63) is 29.0 Å². The molecular formula is C13H21ClN2O. The first-order chi connectivity index (χ1) is 8.19. The van der Waals surface area contributed by atoms with Gasteiger partial charge >= 0.3 is 0 Å². The van der Waals surface area contributed by atoms with E-state index < -0.39 is 0 Å². The normalized spacial score (nSPS) is 13.0. The van der Waals surface area contributed by atoms with E-state index in [0.717, 1.165) is 31.7 Å². The van der Waals surface area contributed by atoms with E-state index in [1.807, 2.05) is 12.1 Å². The zero-order valence-electron chi connectivity index (χ0n) is 10.8. The van der Waals surface area contributed by atoms with Crippen LogP contribution in [0.2, 0.25) is 5.15 Å². The topological polar surface area (TPSA) is 25.4 Å². The molecule has 1 atom stereocenters. The molecule has 3 nitrogen and oxygen atoms in total. The average molecular weight is 257 g/mol. The van der Waals surface area contributed by atoms with Crippen molar-refractivity contribution in [2.24, 2.45) is 0 Å². The summed E-state index contributed by atoms with van der Waals surface area (Å²) >= 11 is 6.08. The first-order valence-corrected chi connectivity index (χ1v) is 6.39. The van der Waals surface area contributed by atoms with Crippen LogP contribution in [0.25, 0.3) is 0 Å². The molecule has 1 rings (SSSR count). The van der Waals surface area contributed by atoms with Crippen molar-refractivity contribution < 1.29 is 4.74 Å². The minimum absolute atomic E-state index is 0.515. The lowest BCUT2D eigenvalue weighted by Gasteiger charge is -2.28. The van der Waals surface area contributed by atoms with Crippen LogP contribution < -0.4 is 0 Å². The quantitative estimate of drug-likeness (QED) is 0.702. The molecule has 0 aliphatic rings. The zero-order valence-corrected chi connectivity index (χ0v) is 11.6. The zero-order chi connectivity index (χ0) is 12.7. The summed E-state index contributed by atoms with van der Waals surface area (Å²) in [6.07, 6.45) is 2.83. The summed E-state index contributed by atoms with van der Waals surface area (Å²) in [5, 5.41) is 0.596. The van der Waals surface area contributed by atoms with E-state index in [4.69, 9.17) is 16.3 Å². The van der Waals surface area contributed by atoms with E-state index in [1.165, 1.54) is 0 Å². The molecule has 0 bridgehead atoms. The van der Waals surface area contributed by atoms with Crippen molar-refractivity contribution in [2.75, 3.05) is 20.3 Å². The Hall–Kier alpha value is -0.640. The second-order valence-corrected chi connectivity index (χ2v) is 4.53. The lowest BCUT2D eigenvalue weighted by atomic mass is 10.2. The Morgan fingerprint density at radius 1 is 1.53 bits per heavy atom. The highest BCUT2D eigenvalue weighted by atomic mass is 35.5. The third kappa shape index (κ3) is 4.62. The Bertz CT molecular complexity index is 333. The molecule has 17 heavy (non-hydrogen) atoms. The van der Waals surface area contributed by atoms with Gasteiger partial charge in [-0.1, -0.05) is 24.6 Å². The Morgan fingerprint density at radius 2 is 2.29 bits per heavy atom. The highest BCUT2D eigenvalue weighted by Crippen LogP contribution is 2.16. The molecule has 0 saturated heterocycles. The van der Waals surface area contributed by atoms with Crippen LogP contribution in [0.3, 0.4) is 0 Å². The first-order valence-electron chi connectivity index (χ1n) is 6.01. The molecule has 96 valence electrons. The fourth-order valence-corrected chi connectivity index (χ4v) is 1.86. The van der Waals surface area contributed by atoms with Gasteiger partial charge in [0.2, 0.25) is 0 Å². The molecule has 4 heteroatoms. The smallest absolute Gasteiger partial charge is 0.133 e. The summed E-state index contributed by atoms with van der Waals surface area (Å²) in [6, 6.07) is 4.46. The molecule has 0 amide bonds. The lowest BCUT2D eigenvalue weighted by Crippen LogP contribution is -2.35. The second-order valence-electron chi connectivity index (χ2n) is 4.17. The predicted octanol–water partition coefficient (Wildman–Crippen LogP) is 2.98. The van der Waals surface area contributed by atoms with E-state index in [-0.39, 0.29) is 0 Å². The molecule has 0 fully saturated rings. The first kappa shape index (κ1) is 14.4. The van der Waals surface area contributed by atoms with Crippen LogP contribution >= 0.6 is 11.6 Å². The summed E-state index contributed by atoms with van der Waals surface area (Å²) in [6.45, 7) is 6.89. The van der Waals surface area contributed by atoms with Gasteiger partial charge in [0, 0.05) is 38.0 Å². The molecule has 0 N–H and O–H groups in total. The summed E-state index contributed by atoms with van der Waals surface area (Å²) in [5.74, 6) is 0. The van der Waals surface area contributed by atoms with Crippen molar-refractivity contribution in [3.8, 4) is 0 Å². The fraction of sp³-hybridized carbons (Fsp3) is 0.615. The van der Waals surface area contributed by atoms with Crippen LogP contribution in [0, 0.1) is 0 Å². The number of halogens is 1. The highest BCUT2D eigenvalue weighted by Gasteiger charge is 2.13. The van der Waals surface area contributed by atoms with E-state index in [0.29, 0.717) is 11.2 Å². The maximum absolute atomic E-state index is 6.08. The van der Waals surface area contributed by atoms with E-state index in [1.54, 1.807) is 13.3 Å². The van der Waals surface area contributed by atoms with E-state index in [9.17, 15) is 0 Å². The fourth-order valence-electron chi connectivity index (χ4n) is 1.68. The van der Waals surface area contributed by atoms with Gasteiger partial charge in [0.25, 0.3) is 0 Å². The third-order valence-corrected chi connectivity index (χ3v) is 3.35.